The second kappa shape index (κ2) is 13.0. The summed E-state index contributed by atoms with van der Waals surface area (Å²) in [5.74, 6) is -1.34. The summed E-state index contributed by atoms with van der Waals surface area (Å²) in [5, 5.41) is 2.81. The first-order chi connectivity index (χ1) is 18.4. The van der Waals surface area contributed by atoms with E-state index in [-0.39, 0.29) is 31.1 Å². The second-order valence-corrected chi connectivity index (χ2v) is 11.2. The van der Waals surface area contributed by atoms with Gasteiger partial charge in [0.2, 0.25) is 11.8 Å². The Labute approximate surface area is 230 Å². The van der Waals surface area contributed by atoms with Gasteiger partial charge in [-0.05, 0) is 58.9 Å². The molecule has 1 N–H and O–H groups in total. The number of amides is 3. The van der Waals surface area contributed by atoms with Gasteiger partial charge in [0.05, 0.1) is 6.26 Å². The quantitative estimate of drug-likeness (QED) is 0.394. The van der Waals surface area contributed by atoms with Crippen molar-refractivity contribution in [2.45, 2.75) is 102 Å². The molecular formula is C29H41N3O7. The van der Waals surface area contributed by atoms with Crippen molar-refractivity contribution in [3.05, 3.63) is 48.7 Å². The molecule has 10 nitrogen and oxygen atoms in total. The lowest BCUT2D eigenvalue weighted by molar-refractivity contribution is -0.157. The van der Waals surface area contributed by atoms with Crippen LogP contribution in [0.4, 0.5) is 4.79 Å². The van der Waals surface area contributed by atoms with Crippen LogP contribution in [0.5, 0.6) is 0 Å². The maximum Gasteiger partial charge on any atom is 0.410 e. The van der Waals surface area contributed by atoms with Gasteiger partial charge in [0.1, 0.15) is 36.4 Å². The summed E-state index contributed by atoms with van der Waals surface area (Å²) in [6.07, 6.45) is 2.98. The molecule has 214 valence electrons. The molecule has 2 saturated heterocycles. The third kappa shape index (κ3) is 7.97. The fourth-order valence-corrected chi connectivity index (χ4v) is 4.94. The molecular weight excluding hydrogens is 502 g/mol. The number of hydrogen-bond donors (Lipinski definition) is 1. The van der Waals surface area contributed by atoms with Crippen LogP contribution in [0.3, 0.4) is 0 Å². The second-order valence-electron chi connectivity index (χ2n) is 11.2. The van der Waals surface area contributed by atoms with Gasteiger partial charge >= 0.3 is 12.1 Å². The minimum Gasteiger partial charge on any atom is -0.499 e. The zero-order valence-corrected chi connectivity index (χ0v) is 23.6. The van der Waals surface area contributed by atoms with Crippen LogP contribution in [-0.2, 0) is 35.2 Å². The Hall–Kier alpha value is -3.56. The number of hydrogen-bond acceptors (Lipinski definition) is 7. The summed E-state index contributed by atoms with van der Waals surface area (Å²) in [4.78, 5) is 55.5. The van der Waals surface area contributed by atoms with E-state index in [1.165, 1.54) is 18.2 Å². The molecule has 1 aromatic carbocycles. The van der Waals surface area contributed by atoms with E-state index in [1.54, 1.807) is 32.6 Å². The first-order valence-electron chi connectivity index (χ1n) is 13.5. The van der Waals surface area contributed by atoms with Crippen molar-refractivity contribution >= 4 is 23.9 Å². The lowest BCUT2D eigenvalue weighted by atomic mass is 9.96. The van der Waals surface area contributed by atoms with E-state index < -0.39 is 41.7 Å². The van der Waals surface area contributed by atoms with Gasteiger partial charge in [0, 0.05) is 19.5 Å². The average molecular weight is 544 g/mol. The first kappa shape index (κ1) is 30.0. The Kier molecular flexibility index (Phi) is 9.99. The molecule has 0 radical (unpaired) electrons. The van der Waals surface area contributed by atoms with Crippen LogP contribution in [-0.4, -0.2) is 76.6 Å². The molecule has 0 spiro atoms. The predicted molar refractivity (Wildman–Crippen MR) is 144 cm³/mol. The number of carbonyl (C=O) groups excluding carboxylic acids is 4. The van der Waals surface area contributed by atoms with E-state index >= 15 is 0 Å². The van der Waals surface area contributed by atoms with E-state index in [4.69, 9.17) is 14.2 Å². The van der Waals surface area contributed by atoms with Crippen molar-refractivity contribution in [1.29, 1.82) is 0 Å². The highest BCUT2D eigenvalue weighted by Gasteiger charge is 2.46. The van der Waals surface area contributed by atoms with Crippen molar-refractivity contribution in [3.8, 4) is 0 Å². The number of carbonyl (C=O) groups is 4. The highest BCUT2D eigenvalue weighted by atomic mass is 16.6. The van der Waals surface area contributed by atoms with Gasteiger partial charge in [-0.15, -0.1) is 0 Å². The fraction of sp³-hybridized carbons (Fsp3) is 0.586. The monoisotopic (exact) mass is 543 g/mol. The minimum atomic E-state index is -0.956. The van der Waals surface area contributed by atoms with E-state index in [2.05, 4.69) is 11.9 Å². The molecule has 0 unspecified atom stereocenters. The van der Waals surface area contributed by atoms with E-state index in [1.807, 2.05) is 30.3 Å². The molecule has 2 aliphatic rings. The third-order valence-corrected chi connectivity index (χ3v) is 7.12. The van der Waals surface area contributed by atoms with Crippen LogP contribution in [0.25, 0.3) is 0 Å². The van der Waals surface area contributed by atoms with Crippen molar-refractivity contribution in [2.24, 2.45) is 0 Å². The topological polar surface area (TPSA) is 114 Å². The molecule has 2 aliphatic heterocycles. The minimum absolute atomic E-state index is 0.118. The molecule has 3 rings (SSSR count). The third-order valence-electron chi connectivity index (χ3n) is 7.12. The maximum atomic E-state index is 13.9. The van der Waals surface area contributed by atoms with Gasteiger partial charge in [-0.25, -0.2) is 9.59 Å². The summed E-state index contributed by atoms with van der Waals surface area (Å²) in [6.45, 7) is 10.5. The maximum absolute atomic E-state index is 13.9. The van der Waals surface area contributed by atoms with Gasteiger partial charge < -0.3 is 24.4 Å². The molecule has 2 heterocycles. The first-order valence-corrected chi connectivity index (χ1v) is 13.5. The summed E-state index contributed by atoms with van der Waals surface area (Å²) in [6, 6.07) is 6.59. The fourth-order valence-electron chi connectivity index (χ4n) is 4.94. The normalized spacial score (nSPS) is 23.9. The van der Waals surface area contributed by atoms with Crippen LogP contribution in [0.2, 0.25) is 0 Å². The molecule has 1 aromatic rings. The Morgan fingerprint density at radius 1 is 1.15 bits per heavy atom. The molecule has 0 saturated carbocycles. The Bertz CT molecular complexity index is 1040. The molecule has 0 bridgehead atoms. The van der Waals surface area contributed by atoms with Gasteiger partial charge in [0.15, 0.2) is 0 Å². The SMILES string of the molecule is C=CO[C@@H]1CC[C@H]2CC[C@@H](C(=O)OCc3ccccc3)N2C(=O)[C@@H](NC(=O)[C@H](C)N(C)C(=O)OC(C)(C)C)C1. The Balaban J connectivity index is 1.75. The smallest absolute Gasteiger partial charge is 0.410 e. The standard InChI is InChI=1S/C29H41N3O7/c1-7-37-22-15-13-21-14-16-24(27(35)38-18-20-11-9-8-10-12-20)32(21)26(34)23(17-22)30-25(33)19(2)31(6)28(36)39-29(3,4)5/h7-12,19,21-24H,1,13-18H2,2-6H3,(H,30,33)/t19-,21-,22+,23-,24-/m0/s1. The molecule has 0 aliphatic carbocycles. The Morgan fingerprint density at radius 3 is 2.46 bits per heavy atom. The number of likely N-dealkylation sites (N-methyl/N-ethyl adjacent to an activating group) is 1. The van der Waals surface area contributed by atoms with E-state index in [9.17, 15) is 19.2 Å². The van der Waals surface area contributed by atoms with Crippen molar-refractivity contribution in [3.63, 3.8) is 0 Å². The lowest BCUT2D eigenvalue weighted by Gasteiger charge is -2.37. The van der Waals surface area contributed by atoms with Gasteiger partial charge in [-0.1, -0.05) is 36.9 Å². The largest absolute Gasteiger partial charge is 0.499 e. The lowest BCUT2D eigenvalue weighted by Crippen LogP contribution is -2.58. The highest BCUT2D eigenvalue weighted by Crippen LogP contribution is 2.33. The Morgan fingerprint density at radius 2 is 1.82 bits per heavy atom. The van der Waals surface area contributed by atoms with Crippen molar-refractivity contribution in [2.75, 3.05) is 7.05 Å². The zero-order valence-electron chi connectivity index (χ0n) is 23.6. The van der Waals surface area contributed by atoms with Crippen LogP contribution in [0.1, 0.15) is 65.4 Å². The average Bonchev–Trinajstić information content (AvgIpc) is 3.31. The van der Waals surface area contributed by atoms with Crippen LogP contribution in [0.15, 0.2) is 43.2 Å². The summed E-state index contributed by atoms with van der Waals surface area (Å²) < 4.78 is 16.6. The predicted octanol–water partition coefficient (Wildman–Crippen LogP) is 3.54. The zero-order chi connectivity index (χ0) is 28.7. The summed E-state index contributed by atoms with van der Waals surface area (Å²) in [7, 11) is 1.47. The number of rotatable bonds is 8. The molecule has 0 aromatic heterocycles. The van der Waals surface area contributed by atoms with Gasteiger partial charge in [-0.2, -0.15) is 0 Å². The van der Waals surface area contributed by atoms with Crippen molar-refractivity contribution < 1.29 is 33.4 Å². The molecule has 2 fully saturated rings. The van der Waals surface area contributed by atoms with Crippen LogP contribution < -0.4 is 5.32 Å². The van der Waals surface area contributed by atoms with Crippen LogP contribution >= 0.6 is 0 Å². The van der Waals surface area contributed by atoms with Crippen molar-refractivity contribution in [1.82, 2.24) is 15.1 Å². The summed E-state index contributed by atoms with van der Waals surface area (Å²) >= 11 is 0. The number of ether oxygens (including phenoxy) is 3. The molecule has 5 atom stereocenters. The molecule has 3 amide bonds. The van der Waals surface area contributed by atoms with Gasteiger partial charge in [-0.3, -0.25) is 14.5 Å². The summed E-state index contributed by atoms with van der Waals surface area (Å²) in [5.41, 5.74) is 0.137. The number of benzene rings is 1. The highest BCUT2D eigenvalue weighted by molar-refractivity contribution is 5.93. The van der Waals surface area contributed by atoms with E-state index in [0.29, 0.717) is 25.7 Å². The van der Waals surface area contributed by atoms with E-state index in [0.717, 1.165) is 5.56 Å². The number of fused-ring (bicyclic) bond motifs is 1. The molecule has 10 heteroatoms. The molecule has 39 heavy (non-hydrogen) atoms. The number of nitrogens with zero attached hydrogens (tertiary/aromatic N) is 2. The van der Waals surface area contributed by atoms with Gasteiger partial charge in [0.25, 0.3) is 0 Å². The number of nitrogens with one attached hydrogen (secondary N) is 1. The number of esters is 1. The van der Waals surface area contributed by atoms with Crippen LogP contribution in [0, 0.1) is 0 Å².